The number of nitrogens with zero attached hydrogens (tertiary/aromatic N) is 2. The molecule has 4 heteroatoms. The minimum Gasteiger partial charge on any atom is -0.394 e. The molecule has 0 saturated carbocycles. The first-order valence-corrected chi connectivity index (χ1v) is 3.67. The van der Waals surface area contributed by atoms with Crippen LogP contribution in [0.3, 0.4) is 0 Å². The molecule has 0 saturated heterocycles. The van der Waals surface area contributed by atoms with Crippen molar-refractivity contribution in [3.63, 3.8) is 0 Å². The quantitative estimate of drug-likeness (QED) is 0.640. The van der Waals surface area contributed by atoms with Gasteiger partial charge in [0.05, 0.1) is 12.6 Å². The molecule has 1 heterocycles. The van der Waals surface area contributed by atoms with Crippen molar-refractivity contribution in [1.82, 2.24) is 9.55 Å². The van der Waals surface area contributed by atoms with Gasteiger partial charge in [0.15, 0.2) is 0 Å². The first-order chi connectivity index (χ1) is 5.29. The zero-order chi connectivity index (χ0) is 8.27. The summed E-state index contributed by atoms with van der Waals surface area (Å²) in [5.74, 6) is 0.745. The van der Waals surface area contributed by atoms with Gasteiger partial charge in [0, 0.05) is 18.9 Å². The van der Waals surface area contributed by atoms with Gasteiger partial charge in [-0.25, -0.2) is 4.98 Å². The Hall–Kier alpha value is -0.870. The summed E-state index contributed by atoms with van der Waals surface area (Å²) in [5.41, 5.74) is 5.58. The van der Waals surface area contributed by atoms with Gasteiger partial charge in [0.1, 0.15) is 5.82 Å². The van der Waals surface area contributed by atoms with Crippen molar-refractivity contribution in [1.29, 1.82) is 0 Å². The van der Waals surface area contributed by atoms with Crippen molar-refractivity contribution >= 4 is 0 Å². The monoisotopic (exact) mass is 155 g/mol. The van der Waals surface area contributed by atoms with Gasteiger partial charge in [0.25, 0.3) is 0 Å². The fraction of sp³-hybridized carbons (Fsp3) is 0.571. The molecule has 1 atom stereocenters. The number of aromatic nitrogens is 2. The van der Waals surface area contributed by atoms with Crippen LogP contribution in [0.4, 0.5) is 0 Å². The van der Waals surface area contributed by atoms with E-state index in [-0.39, 0.29) is 12.6 Å². The summed E-state index contributed by atoms with van der Waals surface area (Å²) in [6.45, 7) is 2.79. The van der Waals surface area contributed by atoms with Gasteiger partial charge in [-0.05, 0) is 6.92 Å². The third kappa shape index (κ3) is 1.58. The fourth-order valence-corrected chi connectivity index (χ4v) is 0.998. The Morgan fingerprint density at radius 3 is 3.09 bits per heavy atom. The minimum atomic E-state index is -0.357. The fourth-order valence-electron chi connectivity index (χ4n) is 0.998. The molecule has 4 nitrogen and oxygen atoms in total. The molecule has 11 heavy (non-hydrogen) atoms. The Labute approximate surface area is 65.7 Å². The predicted octanol–water partition coefficient (Wildman–Crippen LogP) is -0.105. The molecule has 0 aliphatic carbocycles. The van der Waals surface area contributed by atoms with E-state index in [2.05, 4.69) is 4.98 Å². The SMILES string of the molecule is CCn1ccnc1[C@H](N)CO. The Morgan fingerprint density at radius 2 is 2.55 bits per heavy atom. The van der Waals surface area contributed by atoms with E-state index in [0.717, 1.165) is 12.4 Å². The molecule has 0 aliphatic heterocycles. The molecule has 0 fully saturated rings. The van der Waals surface area contributed by atoms with Gasteiger partial charge in [-0.15, -0.1) is 0 Å². The Balaban J connectivity index is 2.83. The van der Waals surface area contributed by atoms with Crippen molar-refractivity contribution in [3.8, 4) is 0 Å². The van der Waals surface area contributed by atoms with Crippen LogP contribution in [0.1, 0.15) is 18.8 Å². The third-order valence-electron chi connectivity index (χ3n) is 1.62. The topological polar surface area (TPSA) is 64.1 Å². The molecule has 0 unspecified atom stereocenters. The van der Waals surface area contributed by atoms with E-state index in [1.54, 1.807) is 6.20 Å². The third-order valence-corrected chi connectivity index (χ3v) is 1.62. The van der Waals surface area contributed by atoms with Gasteiger partial charge < -0.3 is 15.4 Å². The van der Waals surface area contributed by atoms with Gasteiger partial charge in [0.2, 0.25) is 0 Å². The highest BCUT2D eigenvalue weighted by Crippen LogP contribution is 2.05. The number of rotatable bonds is 3. The number of imidazole rings is 1. The number of hydrogen-bond donors (Lipinski definition) is 2. The van der Waals surface area contributed by atoms with Crippen LogP contribution < -0.4 is 5.73 Å². The molecule has 1 aromatic heterocycles. The number of hydrogen-bond acceptors (Lipinski definition) is 3. The lowest BCUT2D eigenvalue weighted by atomic mass is 10.3. The molecule has 62 valence electrons. The summed E-state index contributed by atoms with van der Waals surface area (Å²) in [6.07, 6.45) is 3.54. The highest BCUT2D eigenvalue weighted by atomic mass is 16.3. The highest BCUT2D eigenvalue weighted by Gasteiger charge is 2.09. The van der Waals surface area contributed by atoms with E-state index < -0.39 is 0 Å². The lowest BCUT2D eigenvalue weighted by Crippen LogP contribution is -2.19. The second kappa shape index (κ2) is 3.50. The van der Waals surface area contributed by atoms with E-state index in [1.165, 1.54) is 0 Å². The maximum Gasteiger partial charge on any atom is 0.127 e. The van der Waals surface area contributed by atoms with Crippen LogP contribution in [0.5, 0.6) is 0 Å². The van der Waals surface area contributed by atoms with Gasteiger partial charge in [-0.3, -0.25) is 0 Å². The summed E-state index contributed by atoms with van der Waals surface area (Å²) in [7, 11) is 0. The molecule has 3 N–H and O–H groups in total. The lowest BCUT2D eigenvalue weighted by Gasteiger charge is -2.08. The van der Waals surface area contributed by atoms with Crippen molar-refractivity contribution < 1.29 is 5.11 Å². The van der Waals surface area contributed by atoms with Gasteiger partial charge >= 0.3 is 0 Å². The van der Waals surface area contributed by atoms with E-state index in [0.29, 0.717) is 0 Å². The molecule has 0 amide bonds. The number of aliphatic hydroxyl groups excluding tert-OH is 1. The second-order valence-corrected chi connectivity index (χ2v) is 2.36. The Bertz CT molecular complexity index is 221. The van der Waals surface area contributed by atoms with Gasteiger partial charge in [-0.2, -0.15) is 0 Å². The van der Waals surface area contributed by atoms with Crippen LogP contribution in [0, 0.1) is 0 Å². The average Bonchev–Trinajstić information content (AvgIpc) is 2.50. The standard InChI is InChI=1S/C7H13N3O/c1-2-10-4-3-9-7(10)6(8)5-11/h3-4,6,11H,2,5,8H2,1H3/t6-/m1/s1. The number of aryl methyl sites for hydroxylation is 1. The normalized spacial score (nSPS) is 13.4. The van der Waals surface area contributed by atoms with E-state index in [1.807, 2.05) is 17.7 Å². The molecular weight excluding hydrogens is 142 g/mol. The smallest absolute Gasteiger partial charge is 0.127 e. The molecule has 0 spiro atoms. The maximum atomic E-state index is 8.75. The van der Waals surface area contributed by atoms with E-state index >= 15 is 0 Å². The van der Waals surface area contributed by atoms with Crippen LogP contribution in [-0.4, -0.2) is 21.3 Å². The molecule has 1 rings (SSSR count). The Kier molecular flexibility index (Phi) is 2.62. The van der Waals surface area contributed by atoms with Crippen molar-refractivity contribution in [2.24, 2.45) is 5.73 Å². The second-order valence-electron chi connectivity index (χ2n) is 2.36. The first-order valence-electron chi connectivity index (χ1n) is 3.67. The highest BCUT2D eigenvalue weighted by molar-refractivity contribution is 4.97. The summed E-state index contributed by atoms with van der Waals surface area (Å²) < 4.78 is 1.92. The number of aliphatic hydroxyl groups is 1. The largest absolute Gasteiger partial charge is 0.394 e. The summed E-state index contributed by atoms with van der Waals surface area (Å²) in [5, 5.41) is 8.75. The average molecular weight is 155 g/mol. The van der Waals surface area contributed by atoms with Crippen LogP contribution in [0.25, 0.3) is 0 Å². The van der Waals surface area contributed by atoms with Crippen molar-refractivity contribution in [3.05, 3.63) is 18.2 Å². The zero-order valence-corrected chi connectivity index (χ0v) is 6.57. The zero-order valence-electron chi connectivity index (χ0n) is 6.57. The molecule has 0 bridgehead atoms. The van der Waals surface area contributed by atoms with Crippen LogP contribution in [0.2, 0.25) is 0 Å². The lowest BCUT2D eigenvalue weighted by molar-refractivity contribution is 0.261. The molecule has 0 aliphatic rings. The van der Waals surface area contributed by atoms with Crippen LogP contribution in [0.15, 0.2) is 12.4 Å². The van der Waals surface area contributed by atoms with E-state index in [9.17, 15) is 0 Å². The maximum absolute atomic E-state index is 8.75. The molecule has 0 radical (unpaired) electrons. The minimum absolute atomic E-state index is 0.0585. The van der Waals surface area contributed by atoms with Crippen molar-refractivity contribution in [2.45, 2.75) is 19.5 Å². The molecular formula is C7H13N3O. The molecule has 1 aromatic rings. The molecule has 0 aromatic carbocycles. The van der Waals surface area contributed by atoms with Gasteiger partial charge in [-0.1, -0.05) is 0 Å². The summed E-state index contributed by atoms with van der Waals surface area (Å²) in [6, 6.07) is -0.357. The van der Waals surface area contributed by atoms with Crippen molar-refractivity contribution in [2.75, 3.05) is 6.61 Å². The predicted molar refractivity (Wildman–Crippen MR) is 41.9 cm³/mol. The number of nitrogens with two attached hydrogens (primary N) is 1. The summed E-state index contributed by atoms with van der Waals surface area (Å²) >= 11 is 0. The summed E-state index contributed by atoms with van der Waals surface area (Å²) in [4.78, 5) is 4.04. The van der Waals surface area contributed by atoms with E-state index in [4.69, 9.17) is 10.8 Å². The van der Waals surface area contributed by atoms with Crippen LogP contribution in [-0.2, 0) is 6.54 Å². The van der Waals surface area contributed by atoms with Crippen LogP contribution >= 0.6 is 0 Å². The first kappa shape index (κ1) is 8.23. The Morgan fingerprint density at radius 1 is 1.82 bits per heavy atom.